The van der Waals surface area contributed by atoms with E-state index in [4.69, 9.17) is 5.11 Å². The molecule has 1 heterocycles. The van der Waals surface area contributed by atoms with Crippen LogP contribution in [0.2, 0.25) is 0 Å². The van der Waals surface area contributed by atoms with Gasteiger partial charge in [0.25, 0.3) is 0 Å². The number of anilines is 1. The SMILES string of the molecule is Cc1cncc(NC(=O)NC(C)C(C)C(=O)O)c1. The molecule has 2 unspecified atom stereocenters. The first-order valence-corrected chi connectivity index (χ1v) is 5.62. The molecule has 0 saturated heterocycles. The van der Waals surface area contributed by atoms with Crippen molar-refractivity contribution in [2.24, 2.45) is 5.92 Å². The molecule has 0 bridgehead atoms. The minimum atomic E-state index is -0.944. The maximum absolute atomic E-state index is 11.6. The second kappa shape index (κ2) is 6.00. The lowest BCUT2D eigenvalue weighted by molar-refractivity contribution is -0.141. The average Bonchev–Trinajstić information content (AvgIpc) is 2.27. The fourth-order valence-corrected chi connectivity index (χ4v) is 1.34. The van der Waals surface area contributed by atoms with Gasteiger partial charge in [0.05, 0.1) is 17.8 Å². The highest BCUT2D eigenvalue weighted by Crippen LogP contribution is 2.07. The molecule has 3 N–H and O–H groups in total. The number of hydrogen-bond acceptors (Lipinski definition) is 3. The Morgan fingerprint density at radius 1 is 1.33 bits per heavy atom. The number of carbonyl (C=O) groups excluding carboxylic acids is 1. The molecule has 98 valence electrons. The van der Waals surface area contributed by atoms with Crippen molar-refractivity contribution in [2.45, 2.75) is 26.8 Å². The lowest BCUT2D eigenvalue weighted by Gasteiger charge is -2.18. The number of carboxylic acids is 1. The number of pyridine rings is 1. The summed E-state index contributed by atoms with van der Waals surface area (Å²) in [5.41, 5.74) is 1.50. The number of aromatic nitrogens is 1. The van der Waals surface area contributed by atoms with Gasteiger partial charge < -0.3 is 15.7 Å². The van der Waals surface area contributed by atoms with Crippen molar-refractivity contribution in [3.05, 3.63) is 24.0 Å². The second-order valence-electron chi connectivity index (χ2n) is 4.27. The number of carboxylic acid groups (broad SMARTS) is 1. The van der Waals surface area contributed by atoms with Crippen LogP contribution < -0.4 is 10.6 Å². The molecule has 0 aliphatic carbocycles. The van der Waals surface area contributed by atoms with Gasteiger partial charge in [-0.05, 0) is 32.4 Å². The zero-order valence-electron chi connectivity index (χ0n) is 10.6. The Bertz CT molecular complexity index is 448. The van der Waals surface area contributed by atoms with Crippen LogP contribution in [0.3, 0.4) is 0 Å². The molecule has 0 saturated carbocycles. The maximum Gasteiger partial charge on any atom is 0.319 e. The van der Waals surface area contributed by atoms with Crippen molar-refractivity contribution in [1.82, 2.24) is 10.3 Å². The second-order valence-corrected chi connectivity index (χ2v) is 4.27. The summed E-state index contributed by atoms with van der Waals surface area (Å²) in [5, 5.41) is 14.0. The first-order valence-electron chi connectivity index (χ1n) is 5.62. The lowest BCUT2D eigenvalue weighted by atomic mass is 10.0. The molecule has 6 nitrogen and oxygen atoms in total. The molecule has 0 aliphatic rings. The molecule has 1 aromatic rings. The minimum absolute atomic E-state index is 0.442. The van der Waals surface area contributed by atoms with Crippen molar-refractivity contribution >= 4 is 17.7 Å². The van der Waals surface area contributed by atoms with Crippen LogP contribution in [0.1, 0.15) is 19.4 Å². The first kappa shape index (κ1) is 14.0. The summed E-state index contributed by atoms with van der Waals surface area (Å²) in [6.07, 6.45) is 3.20. The fourth-order valence-electron chi connectivity index (χ4n) is 1.34. The van der Waals surface area contributed by atoms with Crippen LogP contribution in [-0.2, 0) is 4.79 Å². The van der Waals surface area contributed by atoms with Gasteiger partial charge in [0.2, 0.25) is 0 Å². The number of amides is 2. The van der Waals surface area contributed by atoms with Crippen LogP contribution in [0.4, 0.5) is 10.5 Å². The highest BCUT2D eigenvalue weighted by molar-refractivity contribution is 5.89. The van der Waals surface area contributed by atoms with E-state index in [2.05, 4.69) is 15.6 Å². The molecule has 0 aromatic carbocycles. The van der Waals surface area contributed by atoms with Crippen LogP contribution in [-0.4, -0.2) is 28.1 Å². The highest BCUT2D eigenvalue weighted by atomic mass is 16.4. The van der Waals surface area contributed by atoms with Crippen molar-refractivity contribution in [3.8, 4) is 0 Å². The number of hydrogen-bond donors (Lipinski definition) is 3. The number of rotatable bonds is 4. The third-order valence-corrected chi connectivity index (χ3v) is 2.63. The molecule has 0 radical (unpaired) electrons. The molecule has 2 amide bonds. The quantitative estimate of drug-likeness (QED) is 0.758. The molecule has 18 heavy (non-hydrogen) atoms. The van der Waals surface area contributed by atoms with Crippen LogP contribution in [0, 0.1) is 12.8 Å². The third kappa shape index (κ3) is 4.04. The summed E-state index contributed by atoms with van der Waals surface area (Å²) in [4.78, 5) is 26.3. The molecular weight excluding hydrogens is 234 g/mol. The average molecular weight is 251 g/mol. The molecule has 0 fully saturated rings. The van der Waals surface area contributed by atoms with E-state index in [-0.39, 0.29) is 0 Å². The van der Waals surface area contributed by atoms with E-state index in [1.54, 1.807) is 26.1 Å². The molecule has 0 aliphatic heterocycles. The number of urea groups is 1. The van der Waals surface area contributed by atoms with E-state index in [9.17, 15) is 9.59 Å². The van der Waals surface area contributed by atoms with Gasteiger partial charge in [-0.15, -0.1) is 0 Å². The monoisotopic (exact) mass is 251 g/mol. The van der Waals surface area contributed by atoms with Crippen LogP contribution in [0.15, 0.2) is 18.5 Å². The smallest absolute Gasteiger partial charge is 0.319 e. The zero-order chi connectivity index (χ0) is 13.7. The largest absolute Gasteiger partial charge is 0.481 e. The molecule has 1 rings (SSSR count). The van der Waals surface area contributed by atoms with Crippen LogP contribution in [0.25, 0.3) is 0 Å². The van der Waals surface area contributed by atoms with E-state index < -0.39 is 24.0 Å². The van der Waals surface area contributed by atoms with Crippen molar-refractivity contribution < 1.29 is 14.7 Å². The van der Waals surface area contributed by atoms with E-state index in [1.807, 2.05) is 6.92 Å². The number of aryl methyl sites for hydroxylation is 1. The Balaban J connectivity index is 2.54. The van der Waals surface area contributed by atoms with Gasteiger partial charge >= 0.3 is 12.0 Å². The van der Waals surface area contributed by atoms with E-state index in [1.165, 1.54) is 6.20 Å². The number of carbonyl (C=O) groups is 2. The van der Waals surface area contributed by atoms with E-state index >= 15 is 0 Å². The van der Waals surface area contributed by atoms with Gasteiger partial charge in [0.1, 0.15) is 0 Å². The van der Waals surface area contributed by atoms with Crippen LogP contribution in [0.5, 0.6) is 0 Å². The predicted octanol–water partition coefficient (Wildman–Crippen LogP) is 1.62. The highest BCUT2D eigenvalue weighted by Gasteiger charge is 2.20. The fraction of sp³-hybridized carbons (Fsp3) is 0.417. The molecule has 6 heteroatoms. The number of aliphatic carboxylic acids is 1. The molecule has 2 atom stereocenters. The standard InChI is InChI=1S/C12H17N3O3/c1-7-4-10(6-13-5-7)15-12(18)14-9(3)8(2)11(16)17/h4-6,8-9H,1-3H3,(H,16,17)(H2,14,15,18). The van der Waals surface area contributed by atoms with Gasteiger partial charge in [0.15, 0.2) is 0 Å². The van der Waals surface area contributed by atoms with Gasteiger partial charge in [-0.25, -0.2) is 4.79 Å². The Hall–Kier alpha value is -2.11. The van der Waals surface area contributed by atoms with E-state index in [0.717, 1.165) is 5.56 Å². The van der Waals surface area contributed by atoms with Gasteiger partial charge in [0, 0.05) is 12.2 Å². The first-order chi connectivity index (χ1) is 8.40. The minimum Gasteiger partial charge on any atom is -0.481 e. The van der Waals surface area contributed by atoms with Crippen LogP contribution >= 0.6 is 0 Å². The summed E-state index contributed by atoms with van der Waals surface area (Å²) >= 11 is 0. The lowest BCUT2D eigenvalue weighted by Crippen LogP contribution is -2.42. The third-order valence-electron chi connectivity index (χ3n) is 2.63. The summed E-state index contributed by atoms with van der Waals surface area (Å²) in [6, 6.07) is 0.876. The maximum atomic E-state index is 11.6. The van der Waals surface area contributed by atoms with Crippen molar-refractivity contribution in [1.29, 1.82) is 0 Å². The summed E-state index contributed by atoms with van der Waals surface area (Å²) in [6.45, 7) is 5.06. The molecular formula is C12H17N3O3. The van der Waals surface area contributed by atoms with Crippen molar-refractivity contribution in [3.63, 3.8) is 0 Å². The Kier molecular flexibility index (Phi) is 4.65. The summed E-state index contributed by atoms with van der Waals surface area (Å²) in [7, 11) is 0. The Labute approximate surface area is 105 Å². The summed E-state index contributed by atoms with van der Waals surface area (Å²) < 4.78 is 0. The summed E-state index contributed by atoms with van der Waals surface area (Å²) in [5.74, 6) is -1.59. The normalized spacial score (nSPS) is 13.5. The van der Waals surface area contributed by atoms with Gasteiger partial charge in [-0.1, -0.05) is 0 Å². The zero-order valence-corrected chi connectivity index (χ0v) is 10.6. The van der Waals surface area contributed by atoms with Gasteiger partial charge in [-0.2, -0.15) is 0 Å². The van der Waals surface area contributed by atoms with E-state index in [0.29, 0.717) is 5.69 Å². The Morgan fingerprint density at radius 2 is 2.00 bits per heavy atom. The Morgan fingerprint density at radius 3 is 2.56 bits per heavy atom. The van der Waals surface area contributed by atoms with Crippen molar-refractivity contribution in [2.75, 3.05) is 5.32 Å². The molecule has 0 spiro atoms. The van der Waals surface area contributed by atoms with Gasteiger partial charge in [-0.3, -0.25) is 9.78 Å². The predicted molar refractivity (Wildman–Crippen MR) is 67.4 cm³/mol. The topological polar surface area (TPSA) is 91.3 Å². The molecule has 1 aromatic heterocycles. The number of nitrogens with one attached hydrogen (secondary N) is 2. The number of nitrogens with zero attached hydrogens (tertiary/aromatic N) is 1.